The van der Waals surface area contributed by atoms with E-state index in [0.717, 1.165) is 18.7 Å². The summed E-state index contributed by atoms with van der Waals surface area (Å²) in [5.41, 5.74) is 10.3. The van der Waals surface area contributed by atoms with Crippen LogP contribution in [-0.2, 0) is 16.1 Å². The molecule has 1 amide bonds. The largest absolute Gasteiger partial charge is 0.486 e. The van der Waals surface area contributed by atoms with Gasteiger partial charge in [0, 0.05) is 53.3 Å². The molecule has 5 rings (SSSR count). The fourth-order valence-corrected chi connectivity index (χ4v) is 6.16. The van der Waals surface area contributed by atoms with Crippen LogP contribution < -0.4 is 20.7 Å². The summed E-state index contributed by atoms with van der Waals surface area (Å²) in [5, 5.41) is 13.2. The minimum atomic E-state index is -0.602. The summed E-state index contributed by atoms with van der Waals surface area (Å²) in [6, 6.07) is 5.28. The minimum Gasteiger partial charge on any atom is -0.486 e. The first kappa shape index (κ1) is 28.0. The molecule has 12 nitrogen and oxygen atoms in total. The number of carbonyl (C=O) groups is 1. The second kappa shape index (κ2) is 12.7. The third-order valence-corrected chi connectivity index (χ3v) is 8.78. The molecule has 2 unspecified atom stereocenters. The Morgan fingerprint density at radius 2 is 2.15 bits per heavy atom. The van der Waals surface area contributed by atoms with Crippen LogP contribution in [0.5, 0.6) is 5.75 Å². The van der Waals surface area contributed by atoms with Gasteiger partial charge >= 0.3 is 0 Å². The van der Waals surface area contributed by atoms with Gasteiger partial charge in [-0.1, -0.05) is 22.8 Å². The molecule has 0 radical (unpaired) electrons. The Kier molecular flexibility index (Phi) is 9.15. The van der Waals surface area contributed by atoms with E-state index in [1.165, 1.54) is 25.7 Å². The van der Waals surface area contributed by atoms with Crippen molar-refractivity contribution in [2.75, 3.05) is 32.9 Å². The van der Waals surface area contributed by atoms with Crippen molar-refractivity contribution in [3.05, 3.63) is 63.3 Å². The fraction of sp³-hybridized carbons (Fsp3) is 0.520. The minimum absolute atomic E-state index is 0.0992. The third kappa shape index (κ3) is 6.97. The SMILES string of the molecule is [N-]=[N+]=NCOc1ccc(COC2C(C(=O)NCC3=NCC=CN3)=CNC(N3CCC4(CC3)CC4)N2I)cc1Cl. The number of ether oxygens (including phenoxy) is 2. The summed E-state index contributed by atoms with van der Waals surface area (Å²) in [6.45, 7) is 2.97. The molecule has 1 saturated carbocycles. The number of hydrogen-bond donors (Lipinski definition) is 3. The van der Waals surface area contributed by atoms with Crippen LogP contribution >= 0.6 is 34.5 Å². The van der Waals surface area contributed by atoms with E-state index in [9.17, 15) is 4.79 Å². The van der Waals surface area contributed by atoms with E-state index in [-0.39, 0.29) is 25.5 Å². The second-order valence-corrected chi connectivity index (χ2v) is 11.5. The number of aliphatic imine (C=N–C) groups is 1. The number of hydrogen-bond acceptors (Lipinski definition) is 9. The number of halogens is 2. The highest BCUT2D eigenvalue weighted by Gasteiger charge is 2.47. The van der Waals surface area contributed by atoms with Crippen molar-refractivity contribution in [1.29, 1.82) is 0 Å². The van der Waals surface area contributed by atoms with Crippen LogP contribution in [0.3, 0.4) is 0 Å². The maximum atomic E-state index is 13.3. The summed E-state index contributed by atoms with van der Waals surface area (Å²) in [7, 11) is 0. The fourth-order valence-electron chi connectivity index (χ4n) is 4.93. The third-order valence-electron chi connectivity index (χ3n) is 7.45. The summed E-state index contributed by atoms with van der Waals surface area (Å²) >= 11 is 8.62. The van der Waals surface area contributed by atoms with Crippen LogP contribution in [-0.4, -0.2) is 65.2 Å². The van der Waals surface area contributed by atoms with Crippen LogP contribution in [0.15, 0.2) is 52.4 Å². The Balaban J connectivity index is 1.27. The molecule has 1 spiro atoms. The van der Waals surface area contributed by atoms with E-state index in [4.69, 9.17) is 26.6 Å². The van der Waals surface area contributed by atoms with E-state index in [1.807, 2.05) is 21.5 Å². The Morgan fingerprint density at radius 1 is 1.33 bits per heavy atom. The van der Waals surface area contributed by atoms with Crippen LogP contribution in [0.25, 0.3) is 10.4 Å². The topological polar surface area (TPSA) is 139 Å². The number of rotatable bonds is 10. The van der Waals surface area contributed by atoms with Gasteiger partial charge in [-0.15, -0.1) is 0 Å². The van der Waals surface area contributed by atoms with Gasteiger partial charge < -0.3 is 25.4 Å². The zero-order valence-electron chi connectivity index (χ0n) is 21.4. The number of likely N-dealkylation sites (tertiary alicyclic amines) is 1. The lowest BCUT2D eigenvalue weighted by Gasteiger charge is -2.45. The number of nitrogens with one attached hydrogen (secondary N) is 3. The molecule has 3 heterocycles. The molecule has 3 N–H and O–H groups in total. The standard InChI is InChI=1S/C25H31ClIN9O3/c26-19-12-17(2-3-20(19)39-16-33-34-28)15-38-23-18(22(37)31-14-21-29-8-1-9-30-21)13-32-24(36(23)27)35-10-6-25(4-5-25)7-11-35/h1-3,8,12-13,23-24,32H,4-7,9-11,14-16H2,(H,29,30)(H,31,37). The first-order valence-corrected chi connectivity index (χ1v) is 14.2. The number of amidine groups is 1. The molecule has 3 aliphatic heterocycles. The van der Waals surface area contributed by atoms with Gasteiger partial charge in [0.15, 0.2) is 13.0 Å². The molecular formula is C25H31ClIN9O3. The molecule has 0 bridgehead atoms. The van der Waals surface area contributed by atoms with E-state index < -0.39 is 6.23 Å². The highest BCUT2D eigenvalue weighted by Crippen LogP contribution is 2.53. The maximum Gasteiger partial charge on any atom is 0.253 e. The van der Waals surface area contributed by atoms with Crippen LogP contribution in [0.1, 0.15) is 31.2 Å². The molecule has 14 heteroatoms. The van der Waals surface area contributed by atoms with Crippen molar-refractivity contribution < 1.29 is 14.3 Å². The molecule has 1 aromatic rings. The second-order valence-electron chi connectivity index (χ2n) is 9.97. The van der Waals surface area contributed by atoms with Crippen molar-refractivity contribution >= 4 is 46.2 Å². The average molecular weight is 668 g/mol. The van der Waals surface area contributed by atoms with Gasteiger partial charge in [0.1, 0.15) is 17.9 Å². The molecule has 1 saturated heterocycles. The van der Waals surface area contributed by atoms with Crippen LogP contribution in [0.4, 0.5) is 0 Å². The van der Waals surface area contributed by atoms with Crippen molar-refractivity contribution in [2.45, 2.75) is 44.8 Å². The van der Waals surface area contributed by atoms with Gasteiger partial charge in [-0.05, 0) is 60.4 Å². The molecule has 1 aromatic carbocycles. The zero-order valence-corrected chi connectivity index (χ0v) is 24.3. The van der Waals surface area contributed by atoms with E-state index in [1.54, 1.807) is 18.3 Å². The van der Waals surface area contributed by atoms with Gasteiger partial charge in [0.25, 0.3) is 5.91 Å². The Bertz CT molecular complexity index is 1210. The summed E-state index contributed by atoms with van der Waals surface area (Å²) < 4.78 is 13.8. The molecule has 2 atom stereocenters. The lowest BCUT2D eigenvalue weighted by atomic mass is 9.94. The molecular weight excluding hydrogens is 637 g/mol. The normalized spacial score (nSPS) is 24.1. The van der Waals surface area contributed by atoms with E-state index in [2.05, 4.69) is 58.7 Å². The van der Waals surface area contributed by atoms with Gasteiger partial charge in [-0.25, -0.2) is 0 Å². The Morgan fingerprint density at radius 3 is 2.85 bits per heavy atom. The number of carbonyl (C=O) groups excluding carboxylic acids is 1. The lowest BCUT2D eigenvalue weighted by molar-refractivity contribution is -0.122. The predicted molar refractivity (Wildman–Crippen MR) is 156 cm³/mol. The molecule has 0 aromatic heterocycles. The first-order chi connectivity index (χ1) is 19.0. The summed E-state index contributed by atoms with van der Waals surface area (Å²) in [4.78, 5) is 22.7. The van der Waals surface area contributed by atoms with Gasteiger partial charge in [-0.3, -0.25) is 14.7 Å². The Labute approximate surface area is 245 Å². The van der Waals surface area contributed by atoms with Crippen molar-refractivity contribution in [1.82, 2.24) is 24.0 Å². The number of piperidine rings is 1. The molecule has 39 heavy (non-hydrogen) atoms. The summed E-state index contributed by atoms with van der Waals surface area (Å²) in [5.74, 6) is 0.886. The molecule has 1 aliphatic carbocycles. The summed E-state index contributed by atoms with van der Waals surface area (Å²) in [6.07, 6.45) is 9.90. The zero-order chi connectivity index (χ0) is 27.2. The van der Waals surface area contributed by atoms with Crippen molar-refractivity contribution in [2.24, 2.45) is 15.5 Å². The molecule has 2 fully saturated rings. The highest BCUT2D eigenvalue weighted by atomic mass is 127. The number of amides is 1. The lowest BCUT2D eigenvalue weighted by Crippen LogP contribution is -2.61. The smallest absolute Gasteiger partial charge is 0.253 e. The monoisotopic (exact) mass is 667 g/mol. The average Bonchev–Trinajstić information content (AvgIpc) is 3.71. The van der Waals surface area contributed by atoms with Crippen LogP contribution in [0.2, 0.25) is 5.02 Å². The number of azide groups is 1. The van der Waals surface area contributed by atoms with Crippen molar-refractivity contribution in [3.8, 4) is 5.75 Å². The predicted octanol–water partition coefficient (Wildman–Crippen LogP) is 3.76. The quantitative estimate of drug-likeness (QED) is 0.114. The first-order valence-electron chi connectivity index (χ1n) is 12.9. The van der Waals surface area contributed by atoms with Crippen molar-refractivity contribution in [3.63, 3.8) is 0 Å². The van der Waals surface area contributed by atoms with E-state index >= 15 is 0 Å². The maximum absolute atomic E-state index is 13.3. The van der Waals surface area contributed by atoms with Gasteiger partial charge in [0.2, 0.25) is 0 Å². The molecule has 4 aliphatic rings. The van der Waals surface area contributed by atoms with Crippen LogP contribution in [0, 0.1) is 5.41 Å². The van der Waals surface area contributed by atoms with Gasteiger partial charge in [0.05, 0.1) is 30.3 Å². The highest BCUT2D eigenvalue weighted by molar-refractivity contribution is 14.1. The van der Waals surface area contributed by atoms with E-state index in [0.29, 0.717) is 40.7 Å². The Hall–Kier alpha value is -2.55. The van der Waals surface area contributed by atoms with Gasteiger partial charge in [-0.2, -0.15) is 3.11 Å². The number of benzene rings is 1. The molecule has 208 valence electrons. The number of nitrogens with zero attached hydrogens (tertiary/aromatic N) is 6.